The van der Waals surface area contributed by atoms with Gasteiger partial charge in [0.1, 0.15) is 0 Å². The highest BCUT2D eigenvalue weighted by atomic mass is 19.2. The number of rotatable bonds is 3. The minimum absolute atomic E-state index is 0.136. The third-order valence-electron chi connectivity index (χ3n) is 2.16. The Hall–Kier alpha value is -1.82. The van der Waals surface area contributed by atoms with E-state index in [1.54, 1.807) is 6.20 Å². The first-order valence-electron chi connectivity index (χ1n) is 4.72. The molecule has 2 rings (SSSR count). The molecular formula is C10H10F2N4. The molecule has 0 amide bonds. The maximum Gasteiger partial charge on any atom is 0.163 e. The number of hydrogen-bond acceptors (Lipinski definition) is 3. The standard InChI is InChI=1S/C10H10F2N4/c11-9-3-1-2-7(10(9)12)5-16-6-8(4-13)14-15-16/h1-3,6H,4-5,13H2. The van der Waals surface area contributed by atoms with Crippen LogP contribution in [0.4, 0.5) is 8.78 Å². The second-order valence-corrected chi connectivity index (χ2v) is 3.32. The van der Waals surface area contributed by atoms with Crippen molar-refractivity contribution in [3.63, 3.8) is 0 Å². The molecular weight excluding hydrogens is 214 g/mol. The molecule has 16 heavy (non-hydrogen) atoms. The predicted molar refractivity (Wildman–Crippen MR) is 53.4 cm³/mol. The Morgan fingerprint density at radius 3 is 2.81 bits per heavy atom. The normalized spacial score (nSPS) is 10.7. The van der Waals surface area contributed by atoms with Gasteiger partial charge in [0.15, 0.2) is 11.6 Å². The summed E-state index contributed by atoms with van der Waals surface area (Å²) in [5, 5.41) is 7.51. The molecule has 0 atom stereocenters. The van der Waals surface area contributed by atoms with Gasteiger partial charge in [-0.25, -0.2) is 13.5 Å². The zero-order valence-corrected chi connectivity index (χ0v) is 8.40. The van der Waals surface area contributed by atoms with E-state index in [1.165, 1.54) is 16.8 Å². The van der Waals surface area contributed by atoms with Crippen LogP contribution < -0.4 is 5.73 Å². The fraction of sp³-hybridized carbons (Fsp3) is 0.200. The quantitative estimate of drug-likeness (QED) is 0.848. The van der Waals surface area contributed by atoms with Crippen molar-refractivity contribution >= 4 is 0 Å². The summed E-state index contributed by atoms with van der Waals surface area (Å²) in [5.41, 5.74) is 6.20. The van der Waals surface area contributed by atoms with E-state index >= 15 is 0 Å². The Morgan fingerprint density at radius 2 is 2.12 bits per heavy atom. The van der Waals surface area contributed by atoms with Gasteiger partial charge in [0, 0.05) is 12.1 Å². The van der Waals surface area contributed by atoms with Gasteiger partial charge in [-0.3, -0.25) is 0 Å². The van der Waals surface area contributed by atoms with Crippen LogP contribution in [0, 0.1) is 11.6 Å². The summed E-state index contributed by atoms with van der Waals surface area (Å²) < 4.78 is 27.6. The van der Waals surface area contributed by atoms with Crippen LogP contribution in [0.1, 0.15) is 11.3 Å². The van der Waals surface area contributed by atoms with Crippen molar-refractivity contribution < 1.29 is 8.78 Å². The summed E-state index contributed by atoms with van der Waals surface area (Å²) in [7, 11) is 0. The first-order valence-corrected chi connectivity index (χ1v) is 4.72. The number of nitrogens with two attached hydrogens (primary N) is 1. The molecule has 1 heterocycles. The average Bonchev–Trinajstić information content (AvgIpc) is 2.73. The molecule has 0 spiro atoms. The van der Waals surface area contributed by atoms with E-state index in [1.807, 2.05) is 0 Å². The minimum Gasteiger partial charge on any atom is -0.325 e. The van der Waals surface area contributed by atoms with E-state index < -0.39 is 11.6 Å². The average molecular weight is 224 g/mol. The molecule has 6 heteroatoms. The molecule has 2 aromatic rings. The van der Waals surface area contributed by atoms with E-state index in [0.717, 1.165) is 6.07 Å². The van der Waals surface area contributed by atoms with E-state index in [2.05, 4.69) is 10.3 Å². The van der Waals surface area contributed by atoms with Crippen molar-refractivity contribution in [1.29, 1.82) is 0 Å². The highest BCUT2D eigenvalue weighted by Gasteiger charge is 2.08. The SMILES string of the molecule is NCc1cn(Cc2cccc(F)c2F)nn1. The van der Waals surface area contributed by atoms with Gasteiger partial charge in [-0.1, -0.05) is 17.3 Å². The lowest BCUT2D eigenvalue weighted by atomic mass is 10.2. The number of aromatic nitrogens is 3. The lowest BCUT2D eigenvalue weighted by Gasteiger charge is -2.02. The van der Waals surface area contributed by atoms with Crippen LogP contribution in [-0.4, -0.2) is 15.0 Å². The van der Waals surface area contributed by atoms with Crippen molar-refractivity contribution in [2.75, 3.05) is 0 Å². The predicted octanol–water partition coefficient (Wildman–Crippen LogP) is 1.06. The zero-order chi connectivity index (χ0) is 11.5. The molecule has 0 radical (unpaired) electrons. The summed E-state index contributed by atoms with van der Waals surface area (Å²) in [6.07, 6.45) is 1.60. The molecule has 0 saturated carbocycles. The molecule has 84 valence electrons. The van der Waals surface area contributed by atoms with Crippen molar-refractivity contribution in [2.24, 2.45) is 5.73 Å². The number of halogens is 2. The Bertz CT molecular complexity index is 495. The van der Waals surface area contributed by atoms with Gasteiger partial charge in [-0.2, -0.15) is 0 Å². The van der Waals surface area contributed by atoms with Gasteiger partial charge >= 0.3 is 0 Å². The van der Waals surface area contributed by atoms with Gasteiger partial charge in [0.25, 0.3) is 0 Å². The Labute approximate surface area is 90.7 Å². The van der Waals surface area contributed by atoms with Gasteiger partial charge < -0.3 is 5.73 Å². The summed E-state index contributed by atoms with van der Waals surface area (Å²) in [5.74, 6) is -1.72. The molecule has 1 aromatic carbocycles. The van der Waals surface area contributed by atoms with E-state index in [4.69, 9.17) is 5.73 Å². The number of hydrogen-bond donors (Lipinski definition) is 1. The monoisotopic (exact) mass is 224 g/mol. The van der Waals surface area contributed by atoms with Gasteiger partial charge in [0.05, 0.1) is 18.4 Å². The number of nitrogens with zero attached hydrogens (tertiary/aromatic N) is 3. The fourth-order valence-electron chi connectivity index (χ4n) is 1.35. The summed E-state index contributed by atoms with van der Waals surface area (Å²) >= 11 is 0. The first-order chi connectivity index (χ1) is 7.70. The molecule has 0 aliphatic carbocycles. The Kier molecular flexibility index (Phi) is 2.91. The Morgan fingerprint density at radius 1 is 1.31 bits per heavy atom. The largest absolute Gasteiger partial charge is 0.325 e. The summed E-state index contributed by atoms with van der Waals surface area (Å²) in [4.78, 5) is 0. The van der Waals surface area contributed by atoms with Crippen LogP contribution in [0.2, 0.25) is 0 Å². The van der Waals surface area contributed by atoms with Crippen LogP contribution in [0.25, 0.3) is 0 Å². The maximum atomic E-state index is 13.3. The van der Waals surface area contributed by atoms with Crippen LogP contribution >= 0.6 is 0 Å². The third-order valence-corrected chi connectivity index (χ3v) is 2.16. The summed E-state index contributed by atoms with van der Waals surface area (Å²) in [6.45, 7) is 0.405. The van der Waals surface area contributed by atoms with Crippen molar-refractivity contribution in [1.82, 2.24) is 15.0 Å². The topological polar surface area (TPSA) is 56.7 Å². The summed E-state index contributed by atoms with van der Waals surface area (Å²) in [6, 6.07) is 4.03. The minimum atomic E-state index is -0.864. The van der Waals surface area contributed by atoms with Gasteiger partial charge in [0.2, 0.25) is 0 Å². The van der Waals surface area contributed by atoms with Gasteiger partial charge in [-0.15, -0.1) is 5.10 Å². The molecule has 0 aliphatic rings. The lowest BCUT2D eigenvalue weighted by molar-refractivity contribution is 0.490. The van der Waals surface area contributed by atoms with Crippen molar-refractivity contribution in [3.05, 3.63) is 47.3 Å². The third kappa shape index (κ3) is 2.06. The van der Waals surface area contributed by atoms with Crippen LogP contribution in [0.15, 0.2) is 24.4 Å². The first kappa shape index (κ1) is 10.7. The molecule has 0 aliphatic heterocycles. The molecule has 0 saturated heterocycles. The molecule has 0 bridgehead atoms. The second-order valence-electron chi connectivity index (χ2n) is 3.32. The van der Waals surface area contributed by atoms with Gasteiger partial charge in [-0.05, 0) is 6.07 Å². The molecule has 2 N–H and O–H groups in total. The van der Waals surface area contributed by atoms with E-state index in [-0.39, 0.29) is 18.7 Å². The van der Waals surface area contributed by atoms with Crippen LogP contribution in [-0.2, 0) is 13.1 Å². The highest BCUT2D eigenvalue weighted by molar-refractivity contribution is 5.19. The van der Waals surface area contributed by atoms with Crippen molar-refractivity contribution in [3.8, 4) is 0 Å². The lowest BCUT2D eigenvalue weighted by Crippen LogP contribution is -2.04. The van der Waals surface area contributed by atoms with E-state index in [0.29, 0.717) is 5.69 Å². The second kappa shape index (κ2) is 4.36. The highest BCUT2D eigenvalue weighted by Crippen LogP contribution is 2.12. The molecule has 4 nitrogen and oxygen atoms in total. The van der Waals surface area contributed by atoms with Crippen LogP contribution in [0.3, 0.4) is 0 Å². The molecule has 1 aromatic heterocycles. The number of benzene rings is 1. The van der Waals surface area contributed by atoms with Crippen molar-refractivity contribution in [2.45, 2.75) is 13.1 Å². The molecule has 0 fully saturated rings. The van der Waals surface area contributed by atoms with Crippen LogP contribution in [0.5, 0.6) is 0 Å². The smallest absolute Gasteiger partial charge is 0.163 e. The molecule has 0 unspecified atom stereocenters. The van der Waals surface area contributed by atoms with E-state index in [9.17, 15) is 8.78 Å². The fourth-order valence-corrected chi connectivity index (χ4v) is 1.35. The zero-order valence-electron chi connectivity index (χ0n) is 8.40. The maximum absolute atomic E-state index is 13.3. The Balaban J connectivity index is 2.23.